The summed E-state index contributed by atoms with van der Waals surface area (Å²) in [6, 6.07) is 5.61. The molecule has 0 saturated carbocycles. The van der Waals surface area contributed by atoms with Crippen LogP contribution in [-0.2, 0) is 4.74 Å². The zero-order chi connectivity index (χ0) is 18.7. The van der Waals surface area contributed by atoms with Crippen molar-refractivity contribution < 1.29 is 18.9 Å². The largest absolute Gasteiger partial charge is 0.492 e. The molecule has 0 spiro atoms. The Kier molecular flexibility index (Phi) is 10.5. The molecule has 0 aromatic heterocycles. The maximum Gasteiger partial charge on any atom is 0.231 e. The van der Waals surface area contributed by atoms with Gasteiger partial charge in [-0.15, -0.1) is 24.0 Å². The number of ether oxygens (including phenoxy) is 4. The predicted octanol–water partition coefficient (Wildman–Crippen LogP) is 1.69. The van der Waals surface area contributed by atoms with E-state index in [0.717, 1.165) is 75.6 Å². The molecule has 28 heavy (non-hydrogen) atoms. The summed E-state index contributed by atoms with van der Waals surface area (Å²) in [5.74, 6) is 3.09. The Bertz CT molecular complexity index is 612. The SMILES string of the molecule is CCNC(=NCCCN1CCOCC1)NCCOc1ccc2c(c1)OCO2.I. The highest BCUT2D eigenvalue weighted by Gasteiger charge is 2.13. The normalized spacial score (nSPS) is 16.4. The fraction of sp³-hybridized carbons (Fsp3) is 0.632. The van der Waals surface area contributed by atoms with Crippen molar-refractivity contribution in [1.82, 2.24) is 15.5 Å². The number of fused-ring (bicyclic) bond motifs is 1. The minimum Gasteiger partial charge on any atom is -0.492 e. The summed E-state index contributed by atoms with van der Waals surface area (Å²) in [4.78, 5) is 7.06. The topological polar surface area (TPSA) is 76.6 Å². The van der Waals surface area contributed by atoms with Crippen molar-refractivity contribution in [2.24, 2.45) is 4.99 Å². The second kappa shape index (κ2) is 12.9. The zero-order valence-corrected chi connectivity index (χ0v) is 18.8. The van der Waals surface area contributed by atoms with E-state index in [9.17, 15) is 0 Å². The Morgan fingerprint density at radius 2 is 2.00 bits per heavy atom. The number of aliphatic imine (C=N–C) groups is 1. The third-order valence-corrected chi connectivity index (χ3v) is 4.36. The molecule has 2 heterocycles. The molecule has 158 valence electrons. The van der Waals surface area contributed by atoms with Gasteiger partial charge in [0, 0.05) is 38.8 Å². The van der Waals surface area contributed by atoms with Crippen LogP contribution in [0.25, 0.3) is 0 Å². The number of benzene rings is 1. The molecule has 1 fully saturated rings. The van der Waals surface area contributed by atoms with Gasteiger partial charge in [0.25, 0.3) is 0 Å². The summed E-state index contributed by atoms with van der Waals surface area (Å²) < 4.78 is 21.8. The summed E-state index contributed by atoms with van der Waals surface area (Å²) in [6.45, 7) is 9.99. The van der Waals surface area contributed by atoms with Gasteiger partial charge in [0.2, 0.25) is 6.79 Å². The molecule has 9 heteroatoms. The van der Waals surface area contributed by atoms with E-state index in [0.29, 0.717) is 13.2 Å². The molecule has 2 N–H and O–H groups in total. The lowest BCUT2D eigenvalue weighted by Crippen LogP contribution is -2.39. The van der Waals surface area contributed by atoms with E-state index in [-0.39, 0.29) is 30.8 Å². The minimum atomic E-state index is 0. The number of hydrogen-bond acceptors (Lipinski definition) is 6. The summed E-state index contributed by atoms with van der Waals surface area (Å²) in [7, 11) is 0. The van der Waals surface area contributed by atoms with Crippen molar-refractivity contribution in [3.8, 4) is 17.2 Å². The first-order chi connectivity index (χ1) is 13.3. The predicted molar refractivity (Wildman–Crippen MR) is 119 cm³/mol. The van der Waals surface area contributed by atoms with Crippen molar-refractivity contribution in [2.45, 2.75) is 13.3 Å². The lowest BCUT2D eigenvalue weighted by Gasteiger charge is -2.26. The molecule has 1 saturated heterocycles. The molecule has 0 radical (unpaired) electrons. The van der Waals surface area contributed by atoms with E-state index in [2.05, 4.69) is 27.4 Å². The van der Waals surface area contributed by atoms with Crippen LogP contribution in [0.5, 0.6) is 17.2 Å². The fourth-order valence-electron chi connectivity index (χ4n) is 2.96. The molecule has 0 unspecified atom stereocenters. The minimum absolute atomic E-state index is 0. The van der Waals surface area contributed by atoms with E-state index in [1.807, 2.05) is 18.2 Å². The number of nitrogens with one attached hydrogen (secondary N) is 2. The smallest absolute Gasteiger partial charge is 0.231 e. The molecule has 0 aliphatic carbocycles. The third kappa shape index (κ3) is 7.51. The van der Waals surface area contributed by atoms with Gasteiger partial charge < -0.3 is 29.6 Å². The van der Waals surface area contributed by atoms with E-state index < -0.39 is 0 Å². The summed E-state index contributed by atoms with van der Waals surface area (Å²) in [6.07, 6.45) is 1.05. The van der Waals surface area contributed by atoms with E-state index >= 15 is 0 Å². The van der Waals surface area contributed by atoms with E-state index in [1.54, 1.807) is 0 Å². The molecular weight excluding hydrogens is 475 g/mol. The molecule has 3 rings (SSSR count). The quantitative estimate of drug-likeness (QED) is 0.229. The van der Waals surface area contributed by atoms with Crippen LogP contribution in [0, 0.1) is 0 Å². The number of hydrogen-bond donors (Lipinski definition) is 2. The summed E-state index contributed by atoms with van der Waals surface area (Å²) >= 11 is 0. The monoisotopic (exact) mass is 506 g/mol. The standard InChI is InChI=1S/C19H30N4O4.HI/c1-2-20-19(21-6-3-8-23-9-12-24-13-10-23)22-7-11-25-16-4-5-17-18(14-16)27-15-26-17;/h4-5,14H,2-3,6-13,15H2,1H3,(H2,20,21,22);1H. The van der Waals surface area contributed by atoms with Crippen LogP contribution in [0.15, 0.2) is 23.2 Å². The van der Waals surface area contributed by atoms with Crippen LogP contribution in [0.1, 0.15) is 13.3 Å². The number of rotatable bonds is 9. The average Bonchev–Trinajstić information content (AvgIpc) is 3.17. The van der Waals surface area contributed by atoms with Gasteiger partial charge in [0.1, 0.15) is 12.4 Å². The summed E-state index contributed by atoms with van der Waals surface area (Å²) in [5, 5.41) is 6.57. The lowest BCUT2D eigenvalue weighted by atomic mass is 10.3. The van der Waals surface area contributed by atoms with Crippen molar-refractivity contribution in [2.75, 3.05) is 65.9 Å². The number of morpholine rings is 1. The van der Waals surface area contributed by atoms with Crippen LogP contribution in [0.4, 0.5) is 0 Å². The molecule has 0 bridgehead atoms. The molecule has 0 amide bonds. The van der Waals surface area contributed by atoms with Crippen molar-refractivity contribution in [1.29, 1.82) is 0 Å². The molecule has 2 aliphatic heterocycles. The first-order valence-electron chi connectivity index (χ1n) is 9.70. The van der Waals surface area contributed by atoms with Gasteiger partial charge in [-0.3, -0.25) is 9.89 Å². The maximum absolute atomic E-state index is 5.77. The molecule has 1 aromatic carbocycles. The highest BCUT2D eigenvalue weighted by molar-refractivity contribution is 14.0. The van der Waals surface area contributed by atoms with Crippen molar-refractivity contribution in [3.63, 3.8) is 0 Å². The lowest BCUT2D eigenvalue weighted by molar-refractivity contribution is 0.0377. The van der Waals surface area contributed by atoms with Gasteiger partial charge >= 0.3 is 0 Å². The van der Waals surface area contributed by atoms with E-state index in [1.165, 1.54) is 0 Å². The molecule has 0 atom stereocenters. The molecule has 8 nitrogen and oxygen atoms in total. The van der Waals surface area contributed by atoms with Crippen molar-refractivity contribution in [3.05, 3.63) is 18.2 Å². The zero-order valence-electron chi connectivity index (χ0n) is 16.4. The Morgan fingerprint density at radius 3 is 2.82 bits per heavy atom. The van der Waals surface area contributed by atoms with Crippen molar-refractivity contribution >= 4 is 29.9 Å². The second-order valence-corrected chi connectivity index (χ2v) is 6.36. The van der Waals surface area contributed by atoms with Gasteiger partial charge in [-0.1, -0.05) is 0 Å². The highest BCUT2D eigenvalue weighted by atomic mass is 127. The average molecular weight is 506 g/mol. The summed E-state index contributed by atoms with van der Waals surface area (Å²) in [5.41, 5.74) is 0. The van der Waals surface area contributed by atoms with Gasteiger partial charge in [-0.25, -0.2) is 0 Å². The van der Waals surface area contributed by atoms with Crippen LogP contribution in [0.2, 0.25) is 0 Å². The van der Waals surface area contributed by atoms with Gasteiger partial charge in [-0.05, 0) is 25.5 Å². The molecule has 2 aliphatic rings. The van der Waals surface area contributed by atoms with Gasteiger partial charge in [0.15, 0.2) is 17.5 Å². The Morgan fingerprint density at radius 1 is 1.18 bits per heavy atom. The molecular formula is C19H31IN4O4. The highest BCUT2D eigenvalue weighted by Crippen LogP contribution is 2.34. The number of nitrogens with zero attached hydrogens (tertiary/aromatic N) is 2. The number of guanidine groups is 1. The first kappa shape index (κ1) is 22.8. The van der Waals surface area contributed by atoms with Crippen LogP contribution >= 0.6 is 24.0 Å². The van der Waals surface area contributed by atoms with Gasteiger partial charge in [0.05, 0.1) is 19.8 Å². The van der Waals surface area contributed by atoms with Crippen LogP contribution < -0.4 is 24.8 Å². The Labute approximate surface area is 184 Å². The molecule has 1 aromatic rings. The fourth-order valence-corrected chi connectivity index (χ4v) is 2.96. The van der Waals surface area contributed by atoms with Gasteiger partial charge in [-0.2, -0.15) is 0 Å². The van der Waals surface area contributed by atoms with Crippen LogP contribution in [0.3, 0.4) is 0 Å². The maximum atomic E-state index is 5.77. The second-order valence-electron chi connectivity index (χ2n) is 6.36. The number of halogens is 1. The Hall–Kier alpha value is -1.46. The van der Waals surface area contributed by atoms with E-state index in [4.69, 9.17) is 18.9 Å². The Balaban J connectivity index is 0.00000280. The first-order valence-corrected chi connectivity index (χ1v) is 9.70. The third-order valence-electron chi connectivity index (χ3n) is 4.36. The van der Waals surface area contributed by atoms with Crippen LogP contribution in [-0.4, -0.2) is 76.7 Å².